The van der Waals surface area contributed by atoms with Gasteiger partial charge < -0.3 is 20.1 Å². The number of nitrogens with one attached hydrogen (secondary N) is 2. The third kappa shape index (κ3) is 10.5. The van der Waals surface area contributed by atoms with Crippen molar-refractivity contribution in [3.05, 3.63) is 64.7 Å². The van der Waals surface area contributed by atoms with Crippen molar-refractivity contribution < 1.29 is 28.7 Å². The largest absolute Gasteiger partial charge is 0.444 e. The van der Waals surface area contributed by atoms with E-state index in [-0.39, 0.29) is 17.6 Å². The molecule has 3 rings (SSSR count). The van der Waals surface area contributed by atoms with E-state index in [4.69, 9.17) is 21.1 Å². The van der Waals surface area contributed by atoms with Crippen LogP contribution in [0.5, 0.6) is 0 Å². The zero-order valence-corrected chi connectivity index (χ0v) is 22.1. The molecule has 1 aromatic carbocycles. The minimum absolute atomic E-state index is 0.0334. The summed E-state index contributed by atoms with van der Waals surface area (Å²) in [4.78, 5) is 45.9. The molecule has 0 saturated heterocycles. The van der Waals surface area contributed by atoms with E-state index >= 15 is 0 Å². The molecule has 9 heteroatoms. The molecule has 0 bridgehead atoms. The average Bonchev–Trinajstić information content (AvgIpc) is 3.27. The second-order valence-corrected chi connectivity index (χ2v) is 10.7. The van der Waals surface area contributed by atoms with Gasteiger partial charge in [-0.2, -0.15) is 0 Å². The second-order valence-electron chi connectivity index (χ2n) is 10.3. The summed E-state index contributed by atoms with van der Waals surface area (Å²) in [6, 6.07) is 6.42. The fraction of sp³-hybridized carbons (Fsp3) is 0.407. The molecular weight excluding hydrogens is 484 g/mol. The van der Waals surface area contributed by atoms with Crippen LogP contribution in [0.3, 0.4) is 0 Å². The molecule has 8 nitrogen and oxygen atoms in total. The lowest BCUT2D eigenvalue weighted by Crippen LogP contribution is -2.38. The minimum atomic E-state index is -0.587. The summed E-state index contributed by atoms with van der Waals surface area (Å²) in [5.74, 6) is -0.0953. The topological polar surface area (TPSA) is 111 Å². The van der Waals surface area contributed by atoms with Gasteiger partial charge in [-0.1, -0.05) is 35.9 Å². The fourth-order valence-corrected chi connectivity index (χ4v) is 3.26. The number of halogens is 1. The second kappa shape index (κ2) is 12.0. The van der Waals surface area contributed by atoms with Gasteiger partial charge in [0, 0.05) is 17.0 Å². The molecule has 2 amide bonds. The zero-order valence-electron chi connectivity index (χ0n) is 21.4. The zero-order chi connectivity index (χ0) is 27.1. The van der Waals surface area contributed by atoms with Crippen molar-refractivity contribution in [3.63, 3.8) is 0 Å². The number of allylic oxidation sites excluding steroid dienone is 2. The van der Waals surface area contributed by atoms with E-state index in [0.29, 0.717) is 17.0 Å². The molecule has 0 saturated carbocycles. The maximum atomic E-state index is 11.9. The van der Waals surface area contributed by atoms with E-state index in [2.05, 4.69) is 10.6 Å². The van der Waals surface area contributed by atoms with E-state index in [0.717, 1.165) is 5.56 Å². The molecule has 0 fully saturated rings. The van der Waals surface area contributed by atoms with E-state index < -0.39 is 29.4 Å². The number of ether oxygens (including phenoxy) is 2. The molecule has 0 aromatic heterocycles. The molecule has 0 radical (unpaired) electrons. The van der Waals surface area contributed by atoms with Crippen molar-refractivity contribution in [3.8, 4) is 0 Å². The number of hydrogen-bond donors (Lipinski definition) is 2. The number of benzene rings is 1. The Bertz CT molecular complexity index is 1070. The van der Waals surface area contributed by atoms with Crippen LogP contribution in [0.2, 0.25) is 5.02 Å². The third-order valence-electron chi connectivity index (χ3n) is 4.56. The Labute approximate surface area is 216 Å². The molecule has 1 aromatic rings. The van der Waals surface area contributed by atoms with Gasteiger partial charge in [-0.3, -0.25) is 9.59 Å². The van der Waals surface area contributed by atoms with Crippen molar-refractivity contribution in [1.82, 2.24) is 10.6 Å². The highest BCUT2D eigenvalue weighted by Gasteiger charge is 2.27. The van der Waals surface area contributed by atoms with Gasteiger partial charge in [-0.05, 0) is 77.5 Å². The summed E-state index contributed by atoms with van der Waals surface area (Å²) in [6.45, 7) is 10.7. The number of ketones is 2. The number of carbonyl (C=O) groups is 4. The van der Waals surface area contributed by atoms with Crippen LogP contribution in [0.4, 0.5) is 9.59 Å². The maximum absolute atomic E-state index is 11.9. The Morgan fingerprint density at radius 3 is 1.94 bits per heavy atom. The Morgan fingerprint density at radius 1 is 0.889 bits per heavy atom. The summed E-state index contributed by atoms with van der Waals surface area (Å²) in [7, 11) is 0. The van der Waals surface area contributed by atoms with Crippen LogP contribution in [0.25, 0.3) is 6.08 Å². The fourth-order valence-electron chi connectivity index (χ4n) is 3.13. The Kier molecular flexibility index (Phi) is 9.64. The highest BCUT2D eigenvalue weighted by atomic mass is 35.5. The number of alkyl carbamates (subject to hydrolysis) is 2. The molecule has 36 heavy (non-hydrogen) atoms. The normalized spacial score (nSPS) is 20.1. The van der Waals surface area contributed by atoms with E-state index in [1.54, 1.807) is 71.9 Å². The highest BCUT2D eigenvalue weighted by molar-refractivity contribution is 6.30. The standard InChI is InChI=1S/C17H18ClNO3.C10H15NO3/c1-17(2,3)22-16(21)19-14-8-9-15(20)13(14)10-11-4-6-12(18)7-5-11;1-10(2,3)14-9(13)11-7-4-5-8(12)6-7/h4-10,14H,1-3H3,(H,19,21);4-5,7H,6H2,1-3H3,(H,11,13)/b13-10+;. The Balaban J connectivity index is 0.000000281. The first-order chi connectivity index (χ1) is 16.6. The van der Waals surface area contributed by atoms with Crippen molar-refractivity contribution in [2.45, 2.75) is 71.2 Å². The van der Waals surface area contributed by atoms with Gasteiger partial charge in [0.1, 0.15) is 11.2 Å². The molecule has 0 aliphatic heterocycles. The minimum Gasteiger partial charge on any atom is -0.444 e. The maximum Gasteiger partial charge on any atom is 0.408 e. The van der Waals surface area contributed by atoms with Crippen LogP contribution in [-0.2, 0) is 19.1 Å². The van der Waals surface area contributed by atoms with Crippen molar-refractivity contribution in [1.29, 1.82) is 0 Å². The van der Waals surface area contributed by atoms with E-state index in [9.17, 15) is 19.2 Å². The van der Waals surface area contributed by atoms with Crippen LogP contribution in [-0.4, -0.2) is 47.0 Å². The van der Waals surface area contributed by atoms with Crippen molar-refractivity contribution in [2.75, 3.05) is 0 Å². The first-order valence-corrected chi connectivity index (χ1v) is 11.9. The first kappa shape index (κ1) is 28.8. The number of amides is 2. The lowest BCUT2D eigenvalue weighted by molar-refractivity contribution is -0.114. The summed E-state index contributed by atoms with van der Waals surface area (Å²) >= 11 is 5.84. The SMILES string of the molecule is CC(C)(C)OC(=O)NC1C=CC(=O)/C1=C/c1ccc(Cl)cc1.CC(C)(C)OC(=O)NC1C=CC(=O)C1. The molecule has 2 aliphatic carbocycles. The van der Waals surface area contributed by atoms with Gasteiger partial charge in [0.2, 0.25) is 0 Å². The van der Waals surface area contributed by atoms with Gasteiger partial charge in [-0.15, -0.1) is 0 Å². The lowest BCUT2D eigenvalue weighted by Gasteiger charge is -2.21. The summed E-state index contributed by atoms with van der Waals surface area (Å²) < 4.78 is 10.2. The lowest BCUT2D eigenvalue weighted by atomic mass is 10.1. The molecule has 2 aliphatic rings. The smallest absolute Gasteiger partial charge is 0.408 e. The van der Waals surface area contributed by atoms with Crippen LogP contribution >= 0.6 is 11.6 Å². The molecule has 2 atom stereocenters. The first-order valence-electron chi connectivity index (χ1n) is 11.5. The van der Waals surface area contributed by atoms with Crippen LogP contribution in [0.1, 0.15) is 53.5 Å². The van der Waals surface area contributed by atoms with Crippen molar-refractivity contribution in [2.24, 2.45) is 0 Å². The van der Waals surface area contributed by atoms with Crippen molar-refractivity contribution >= 4 is 41.4 Å². The van der Waals surface area contributed by atoms with Crippen LogP contribution in [0, 0.1) is 0 Å². The number of rotatable bonds is 3. The quantitative estimate of drug-likeness (QED) is 0.536. The van der Waals surface area contributed by atoms with Gasteiger partial charge in [-0.25, -0.2) is 9.59 Å². The predicted molar refractivity (Wildman–Crippen MR) is 139 cm³/mol. The van der Waals surface area contributed by atoms with Crippen LogP contribution in [0.15, 0.2) is 54.1 Å². The summed E-state index contributed by atoms with van der Waals surface area (Å²) in [5.41, 5.74) is 0.244. The average molecular weight is 517 g/mol. The molecule has 2 unspecified atom stereocenters. The van der Waals surface area contributed by atoms with Gasteiger partial charge >= 0.3 is 12.2 Å². The number of hydrogen-bond acceptors (Lipinski definition) is 6. The Morgan fingerprint density at radius 2 is 1.44 bits per heavy atom. The Hall–Kier alpha value is -3.39. The highest BCUT2D eigenvalue weighted by Crippen LogP contribution is 2.20. The molecule has 0 spiro atoms. The van der Waals surface area contributed by atoms with E-state index in [1.807, 2.05) is 12.1 Å². The molecule has 194 valence electrons. The van der Waals surface area contributed by atoms with Gasteiger partial charge in [0.15, 0.2) is 11.6 Å². The third-order valence-corrected chi connectivity index (χ3v) is 4.81. The van der Waals surface area contributed by atoms with Gasteiger partial charge in [0.05, 0.1) is 12.1 Å². The van der Waals surface area contributed by atoms with Gasteiger partial charge in [0.25, 0.3) is 0 Å². The predicted octanol–water partition coefficient (Wildman–Crippen LogP) is 5.16. The monoisotopic (exact) mass is 516 g/mol. The molecular formula is C27H33ClN2O6. The van der Waals surface area contributed by atoms with Crippen LogP contribution < -0.4 is 10.6 Å². The summed E-state index contributed by atoms with van der Waals surface area (Å²) in [6.07, 6.45) is 7.27. The van der Waals surface area contributed by atoms with E-state index in [1.165, 1.54) is 12.2 Å². The molecule has 2 N–H and O–H groups in total. The summed E-state index contributed by atoms with van der Waals surface area (Å²) in [5, 5.41) is 5.91. The molecule has 0 heterocycles. The number of carbonyl (C=O) groups excluding carboxylic acids is 4.